The minimum atomic E-state index is -3.68. The molecule has 7 heteroatoms. The number of benzene rings is 2. The Hall–Kier alpha value is -2.38. The normalized spacial score (nSPS) is 11.2. The quantitative estimate of drug-likeness (QED) is 0.317. The fourth-order valence-electron chi connectivity index (χ4n) is 2.49. The molecule has 0 aliphatic carbocycles. The van der Waals surface area contributed by atoms with E-state index in [4.69, 9.17) is 8.92 Å². The van der Waals surface area contributed by atoms with Crippen molar-refractivity contribution in [3.05, 3.63) is 59.7 Å². The van der Waals surface area contributed by atoms with Gasteiger partial charge < -0.3 is 9.47 Å². The summed E-state index contributed by atoms with van der Waals surface area (Å²) in [6.07, 6.45) is 3.28. The smallest absolute Gasteiger partial charge is 0.337 e. The van der Waals surface area contributed by atoms with Gasteiger partial charge in [-0.05, 0) is 62.6 Å². The van der Waals surface area contributed by atoms with E-state index in [-0.39, 0.29) is 17.5 Å². The lowest BCUT2D eigenvalue weighted by molar-refractivity contribution is 0.0600. The summed E-state index contributed by atoms with van der Waals surface area (Å²) in [5.41, 5.74) is 1.48. The fraction of sp³-hybridized carbons (Fsp3) is 0.381. The van der Waals surface area contributed by atoms with Crippen LogP contribution >= 0.6 is 0 Å². The molecule has 0 aliphatic rings. The molecule has 2 aromatic rings. The second-order valence-electron chi connectivity index (χ2n) is 6.37. The average Bonchev–Trinajstić information content (AvgIpc) is 2.70. The van der Waals surface area contributed by atoms with Crippen molar-refractivity contribution < 1.29 is 26.9 Å². The van der Waals surface area contributed by atoms with Crippen molar-refractivity contribution in [3.63, 3.8) is 0 Å². The monoisotopic (exact) mass is 406 g/mol. The van der Waals surface area contributed by atoms with Crippen molar-refractivity contribution in [2.75, 3.05) is 20.3 Å². The van der Waals surface area contributed by atoms with Crippen LogP contribution in [0.5, 0.6) is 5.75 Å². The van der Waals surface area contributed by atoms with E-state index < -0.39 is 10.1 Å². The number of hydrogen-bond acceptors (Lipinski definition) is 6. The predicted octanol–water partition coefficient (Wildman–Crippen LogP) is 4.13. The highest BCUT2D eigenvalue weighted by Crippen LogP contribution is 2.15. The molecule has 0 aliphatic heterocycles. The largest absolute Gasteiger partial charge is 0.494 e. The van der Waals surface area contributed by atoms with Crippen LogP contribution in [-0.2, 0) is 19.0 Å². The van der Waals surface area contributed by atoms with Gasteiger partial charge in [-0.3, -0.25) is 4.18 Å². The Morgan fingerprint density at radius 1 is 0.857 bits per heavy atom. The molecule has 0 bridgehead atoms. The number of rotatable bonds is 11. The Kier molecular flexibility index (Phi) is 8.47. The zero-order valence-corrected chi connectivity index (χ0v) is 17.0. The van der Waals surface area contributed by atoms with Gasteiger partial charge in [0.1, 0.15) is 5.75 Å². The van der Waals surface area contributed by atoms with Crippen molar-refractivity contribution in [1.29, 1.82) is 0 Å². The third kappa shape index (κ3) is 6.98. The summed E-state index contributed by atoms with van der Waals surface area (Å²) in [4.78, 5) is 11.5. The number of carbonyl (C=O) groups excluding carboxylic acids is 1. The molecule has 6 nitrogen and oxygen atoms in total. The summed E-state index contributed by atoms with van der Waals surface area (Å²) in [5, 5.41) is 0. The van der Waals surface area contributed by atoms with Gasteiger partial charge in [0, 0.05) is 0 Å². The first-order valence-electron chi connectivity index (χ1n) is 9.19. The minimum Gasteiger partial charge on any atom is -0.494 e. The van der Waals surface area contributed by atoms with Crippen molar-refractivity contribution in [1.82, 2.24) is 0 Å². The molecular weight excluding hydrogens is 380 g/mol. The highest BCUT2D eigenvalue weighted by Gasteiger charge is 2.14. The van der Waals surface area contributed by atoms with Gasteiger partial charge in [-0.15, -0.1) is 0 Å². The van der Waals surface area contributed by atoms with E-state index in [0.29, 0.717) is 24.3 Å². The van der Waals surface area contributed by atoms with Crippen LogP contribution in [0.15, 0.2) is 53.4 Å². The van der Waals surface area contributed by atoms with Crippen LogP contribution in [-0.4, -0.2) is 34.7 Å². The van der Waals surface area contributed by atoms with Gasteiger partial charge in [0.2, 0.25) is 0 Å². The third-order valence-corrected chi connectivity index (χ3v) is 5.46. The molecule has 0 atom stereocenters. The summed E-state index contributed by atoms with van der Waals surface area (Å²) in [7, 11) is -2.34. The first-order chi connectivity index (χ1) is 13.4. The number of aryl methyl sites for hydroxylation is 1. The van der Waals surface area contributed by atoms with Gasteiger partial charge in [-0.1, -0.05) is 24.1 Å². The predicted molar refractivity (Wildman–Crippen MR) is 106 cm³/mol. The van der Waals surface area contributed by atoms with E-state index in [1.54, 1.807) is 48.5 Å². The lowest BCUT2D eigenvalue weighted by atomic mass is 10.2. The van der Waals surface area contributed by atoms with E-state index in [0.717, 1.165) is 24.8 Å². The zero-order chi connectivity index (χ0) is 20.4. The maximum atomic E-state index is 12.0. The zero-order valence-electron chi connectivity index (χ0n) is 16.2. The molecule has 0 radical (unpaired) electrons. The second-order valence-corrected chi connectivity index (χ2v) is 7.98. The van der Waals surface area contributed by atoms with Crippen LogP contribution in [0.25, 0.3) is 0 Å². The van der Waals surface area contributed by atoms with Crippen molar-refractivity contribution >= 4 is 16.1 Å². The van der Waals surface area contributed by atoms with Crippen molar-refractivity contribution in [3.8, 4) is 5.75 Å². The Bertz CT molecular complexity index is 841. The van der Waals surface area contributed by atoms with Crippen LogP contribution in [0, 0.1) is 6.92 Å². The second kappa shape index (κ2) is 10.8. The van der Waals surface area contributed by atoms with E-state index in [1.807, 2.05) is 6.92 Å². The van der Waals surface area contributed by atoms with Crippen LogP contribution in [0.1, 0.15) is 41.6 Å². The van der Waals surface area contributed by atoms with E-state index >= 15 is 0 Å². The van der Waals surface area contributed by atoms with E-state index in [1.165, 1.54) is 7.11 Å². The molecule has 28 heavy (non-hydrogen) atoms. The maximum Gasteiger partial charge on any atom is 0.337 e. The number of carbonyl (C=O) groups is 1. The summed E-state index contributed by atoms with van der Waals surface area (Å²) in [5.74, 6) is 0.318. The molecule has 0 amide bonds. The van der Waals surface area contributed by atoms with Crippen molar-refractivity contribution in [2.45, 2.75) is 37.5 Å². The highest BCUT2D eigenvalue weighted by atomic mass is 32.2. The first kappa shape index (κ1) is 21.9. The van der Waals surface area contributed by atoms with Gasteiger partial charge in [0.15, 0.2) is 0 Å². The third-order valence-electron chi connectivity index (χ3n) is 4.13. The average molecular weight is 407 g/mol. The summed E-state index contributed by atoms with van der Waals surface area (Å²) in [6.45, 7) is 2.63. The molecule has 0 heterocycles. The van der Waals surface area contributed by atoms with Gasteiger partial charge in [-0.25, -0.2) is 4.79 Å². The molecule has 152 valence electrons. The number of ether oxygens (including phenoxy) is 2. The lowest BCUT2D eigenvalue weighted by Gasteiger charge is -2.08. The molecule has 0 spiro atoms. The SMILES string of the molecule is COC(=O)c1ccc(OCCCCCCOS(=O)(=O)c2ccc(C)cc2)cc1. The van der Waals surface area contributed by atoms with Gasteiger partial charge in [0.25, 0.3) is 10.1 Å². The molecule has 0 saturated carbocycles. The van der Waals surface area contributed by atoms with E-state index in [2.05, 4.69) is 4.74 Å². The summed E-state index contributed by atoms with van der Waals surface area (Å²) in [6, 6.07) is 13.4. The van der Waals surface area contributed by atoms with Crippen LogP contribution < -0.4 is 4.74 Å². The Labute approximate surface area is 166 Å². The molecule has 0 fully saturated rings. The standard InChI is InChI=1S/C21H26O6S/c1-17-7-13-20(14-8-17)28(23,24)27-16-6-4-3-5-15-26-19-11-9-18(10-12-19)21(22)25-2/h7-14H,3-6,15-16H2,1-2H3. The number of unbranched alkanes of at least 4 members (excludes halogenated alkanes) is 3. The highest BCUT2D eigenvalue weighted by molar-refractivity contribution is 7.86. The lowest BCUT2D eigenvalue weighted by Crippen LogP contribution is -2.07. The molecule has 2 rings (SSSR count). The summed E-state index contributed by atoms with van der Waals surface area (Å²) < 4.78 is 39.4. The first-order valence-corrected chi connectivity index (χ1v) is 10.6. The molecular formula is C21H26O6S. The van der Waals surface area contributed by atoms with Crippen molar-refractivity contribution in [2.24, 2.45) is 0 Å². The maximum absolute atomic E-state index is 12.0. The van der Waals surface area contributed by atoms with E-state index in [9.17, 15) is 13.2 Å². The molecule has 0 aromatic heterocycles. The fourth-order valence-corrected chi connectivity index (χ4v) is 3.44. The number of methoxy groups -OCH3 is 1. The number of esters is 1. The Balaban J connectivity index is 1.58. The molecule has 0 unspecified atom stereocenters. The van der Waals surface area contributed by atoms with Crippen LogP contribution in [0.2, 0.25) is 0 Å². The van der Waals surface area contributed by atoms with Crippen LogP contribution in [0.4, 0.5) is 0 Å². The molecule has 2 aromatic carbocycles. The molecule has 0 saturated heterocycles. The Morgan fingerprint density at radius 3 is 2.07 bits per heavy atom. The van der Waals surface area contributed by atoms with Gasteiger partial charge in [-0.2, -0.15) is 8.42 Å². The molecule has 0 N–H and O–H groups in total. The van der Waals surface area contributed by atoms with Gasteiger partial charge in [0.05, 0.1) is 30.8 Å². The summed E-state index contributed by atoms with van der Waals surface area (Å²) >= 11 is 0. The van der Waals surface area contributed by atoms with Crippen LogP contribution in [0.3, 0.4) is 0 Å². The van der Waals surface area contributed by atoms with Gasteiger partial charge >= 0.3 is 5.97 Å². The Morgan fingerprint density at radius 2 is 1.46 bits per heavy atom. The topological polar surface area (TPSA) is 78.9 Å². The minimum absolute atomic E-state index is 0.173. The number of hydrogen-bond donors (Lipinski definition) is 0.